The van der Waals surface area contributed by atoms with Crippen molar-refractivity contribution in [1.29, 1.82) is 0 Å². The molecule has 2 aromatic carbocycles. The monoisotopic (exact) mass is 265 g/mol. The van der Waals surface area contributed by atoms with Gasteiger partial charge in [0.05, 0.1) is 6.54 Å². The maximum Gasteiger partial charge on any atom is 0.258 e. The van der Waals surface area contributed by atoms with Gasteiger partial charge in [-0.05, 0) is 28.7 Å². The molecular formula is C18H19NO. The Bertz CT molecular complexity index is 667. The maximum absolute atomic E-state index is 12.6. The number of carbonyl (C=O) groups excluding carboxylic acids is 1. The van der Waals surface area contributed by atoms with Gasteiger partial charge in [0.1, 0.15) is 0 Å². The van der Waals surface area contributed by atoms with Gasteiger partial charge in [0, 0.05) is 11.3 Å². The summed E-state index contributed by atoms with van der Waals surface area (Å²) in [6.07, 6.45) is 0. The number of anilines is 1. The predicted octanol–water partition coefficient (Wildman–Crippen LogP) is 4.14. The van der Waals surface area contributed by atoms with Crippen LogP contribution in [0.3, 0.4) is 0 Å². The van der Waals surface area contributed by atoms with Crippen molar-refractivity contribution in [2.24, 2.45) is 0 Å². The summed E-state index contributed by atoms with van der Waals surface area (Å²) in [4.78, 5) is 14.5. The minimum Gasteiger partial charge on any atom is -0.304 e. The van der Waals surface area contributed by atoms with Gasteiger partial charge in [-0.2, -0.15) is 0 Å². The van der Waals surface area contributed by atoms with E-state index < -0.39 is 0 Å². The summed E-state index contributed by atoms with van der Waals surface area (Å²) in [6.45, 7) is 7.21. The van der Waals surface area contributed by atoms with Crippen LogP contribution in [0.4, 0.5) is 5.69 Å². The van der Waals surface area contributed by atoms with Crippen LogP contribution in [0.15, 0.2) is 48.5 Å². The number of carbonyl (C=O) groups is 1. The molecule has 0 bridgehead atoms. The van der Waals surface area contributed by atoms with Crippen molar-refractivity contribution in [3.8, 4) is 0 Å². The molecule has 0 unspecified atom stereocenters. The number of benzene rings is 2. The molecule has 0 aromatic heterocycles. The van der Waals surface area contributed by atoms with Crippen molar-refractivity contribution in [1.82, 2.24) is 0 Å². The maximum atomic E-state index is 12.6. The number of nitrogens with zero attached hydrogens (tertiary/aromatic N) is 1. The Kier molecular flexibility index (Phi) is 2.89. The molecule has 0 spiro atoms. The van der Waals surface area contributed by atoms with Crippen LogP contribution in [-0.2, 0) is 12.0 Å². The molecular weight excluding hydrogens is 246 g/mol. The second-order valence-electron chi connectivity index (χ2n) is 6.32. The van der Waals surface area contributed by atoms with Crippen molar-refractivity contribution in [2.45, 2.75) is 32.7 Å². The molecule has 20 heavy (non-hydrogen) atoms. The lowest BCUT2D eigenvalue weighted by molar-refractivity contribution is 0.0996. The molecule has 3 rings (SSSR count). The Hall–Kier alpha value is -2.09. The van der Waals surface area contributed by atoms with Crippen LogP contribution in [0.5, 0.6) is 0 Å². The molecule has 0 N–H and O–H groups in total. The van der Waals surface area contributed by atoms with E-state index in [4.69, 9.17) is 0 Å². The summed E-state index contributed by atoms with van der Waals surface area (Å²) in [5.74, 6) is 0.109. The minimum absolute atomic E-state index is 0.0195. The highest BCUT2D eigenvalue weighted by atomic mass is 16.2. The quantitative estimate of drug-likeness (QED) is 0.758. The lowest BCUT2D eigenvalue weighted by atomic mass is 9.85. The smallest absolute Gasteiger partial charge is 0.258 e. The normalized spacial score (nSPS) is 14.6. The first-order chi connectivity index (χ1) is 9.48. The van der Waals surface area contributed by atoms with Gasteiger partial charge < -0.3 is 4.90 Å². The van der Waals surface area contributed by atoms with Gasteiger partial charge in [-0.3, -0.25) is 4.79 Å². The van der Waals surface area contributed by atoms with Crippen LogP contribution in [0, 0.1) is 0 Å². The Morgan fingerprint density at radius 3 is 2.30 bits per heavy atom. The van der Waals surface area contributed by atoms with E-state index in [1.165, 1.54) is 5.56 Å². The highest BCUT2D eigenvalue weighted by Crippen LogP contribution is 2.36. The van der Waals surface area contributed by atoms with E-state index in [1.54, 1.807) is 0 Å². The van der Waals surface area contributed by atoms with Gasteiger partial charge in [-0.15, -0.1) is 0 Å². The SMILES string of the molecule is CC(C)(C)c1ccccc1N1Cc2ccccc2C1=O. The summed E-state index contributed by atoms with van der Waals surface area (Å²) in [6, 6.07) is 16.1. The minimum atomic E-state index is 0.0195. The molecule has 1 heterocycles. The van der Waals surface area contributed by atoms with Crippen LogP contribution in [0.25, 0.3) is 0 Å². The number of hydrogen-bond acceptors (Lipinski definition) is 1. The van der Waals surface area contributed by atoms with Crippen molar-refractivity contribution in [3.05, 3.63) is 65.2 Å². The molecule has 0 fully saturated rings. The van der Waals surface area contributed by atoms with Crippen molar-refractivity contribution in [3.63, 3.8) is 0 Å². The zero-order chi connectivity index (χ0) is 14.3. The first kappa shape index (κ1) is 12.9. The Morgan fingerprint density at radius 1 is 0.950 bits per heavy atom. The van der Waals surface area contributed by atoms with Gasteiger partial charge >= 0.3 is 0 Å². The summed E-state index contributed by atoms with van der Waals surface area (Å²) in [7, 11) is 0. The summed E-state index contributed by atoms with van der Waals surface area (Å²) in [5, 5.41) is 0. The number of hydrogen-bond donors (Lipinski definition) is 0. The highest BCUT2D eigenvalue weighted by Gasteiger charge is 2.31. The van der Waals surface area contributed by atoms with Gasteiger partial charge in [-0.1, -0.05) is 57.2 Å². The molecule has 1 amide bonds. The molecule has 1 aliphatic heterocycles. The first-order valence-corrected chi connectivity index (χ1v) is 6.98. The molecule has 102 valence electrons. The van der Waals surface area contributed by atoms with Crippen molar-refractivity contribution >= 4 is 11.6 Å². The van der Waals surface area contributed by atoms with Crippen LogP contribution in [-0.4, -0.2) is 5.91 Å². The molecule has 2 heteroatoms. The third-order valence-electron chi connectivity index (χ3n) is 3.82. The van der Waals surface area contributed by atoms with E-state index >= 15 is 0 Å². The molecule has 0 atom stereocenters. The lowest BCUT2D eigenvalue weighted by Gasteiger charge is -2.27. The first-order valence-electron chi connectivity index (χ1n) is 6.98. The standard InChI is InChI=1S/C18H19NO/c1-18(2,3)15-10-6-7-11-16(15)19-12-13-8-4-5-9-14(13)17(19)20/h4-11H,12H2,1-3H3. The molecule has 2 nitrogen and oxygen atoms in total. The average molecular weight is 265 g/mol. The van der Waals surface area contributed by atoms with Crippen LogP contribution < -0.4 is 4.90 Å². The van der Waals surface area contributed by atoms with E-state index in [0.29, 0.717) is 6.54 Å². The second-order valence-corrected chi connectivity index (χ2v) is 6.32. The predicted molar refractivity (Wildman–Crippen MR) is 82.1 cm³/mol. The number of fused-ring (bicyclic) bond motifs is 1. The van der Waals surface area contributed by atoms with E-state index in [9.17, 15) is 4.79 Å². The van der Waals surface area contributed by atoms with Gasteiger partial charge in [-0.25, -0.2) is 0 Å². The fourth-order valence-corrected chi connectivity index (χ4v) is 2.79. The third kappa shape index (κ3) is 2.01. The average Bonchev–Trinajstić information content (AvgIpc) is 2.76. The molecule has 2 aromatic rings. The largest absolute Gasteiger partial charge is 0.304 e. The Labute approximate surface area is 120 Å². The van der Waals surface area contributed by atoms with Gasteiger partial charge in [0.2, 0.25) is 0 Å². The van der Waals surface area contributed by atoms with Gasteiger partial charge in [0.15, 0.2) is 0 Å². The summed E-state index contributed by atoms with van der Waals surface area (Å²) in [5.41, 5.74) is 4.20. The number of para-hydroxylation sites is 1. The Morgan fingerprint density at radius 2 is 1.60 bits per heavy atom. The summed E-state index contributed by atoms with van der Waals surface area (Å²) < 4.78 is 0. The fraction of sp³-hybridized carbons (Fsp3) is 0.278. The highest BCUT2D eigenvalue weighted by molar-refractivity contribution is 6.10. The molecule has 0 radical (unpaired) electrons. The lowest BCUT2D eigenvalue weighted by Crippen LogP contribution is -2.26. The van der Waals surface area contributed by atoms with Gasteiger partial charge in [0.25, 0.3) is 5.91 Å². The molecule has 0 saturated carbocycles. The molecule has 0 aliphatic carbocycles. The fourth-order valence-electron chi connectivity index (χ4n) is 2.79. The molecule has 0 saturated heterocycles. The number of rotatable bonds is 1. The molecule has 1 aliphatic rings. The van der Waals surface area contributed by atoms with E-state index in [-0.39, 0.29) is 11.3 Å². The Balaban J connectivity index is 2.07. The van der Waals surface area contributed by atoms with E-state index in [1.807, 2.05) is 47.4 Å². The third-order valence-corrected chi connectivity index (χ3v) is 3.82. The van der Waals surface area contributed by atoms with Crippen molar-refractivity contribution in [2.75, 3.05) is 4.90 Å². The van der Waals surface area contributed by atoms with Crippen LogP contribution in [0.2, 0.25) is 0 Å². The topological polar surface area (TPSA) is 20.3 Å². The van der Waals surface area contributed by atoms with Crippen LogP contribution in [0.1, 0.15) is 42.3 Å². The zero-order valence-corrected chi connectivity index (χ0v) is 12.2. The zero-order valence-electron chi connectivity index (χ0n) is 12.2. The van der Waals surface area contributed by atoms with Crippen LogP contribution >= 0.6 is 0 Å². The number of amides is 1. The van der Waals surface area contributed by atoms with E-state index in [2.05, 4.69) is 26.8 Å². The second kappa shape index (κ2) is 4.48. The van der Waals surface area contributed by atoms with E-state index in [0.717, 1.165) is 16.8 Å². The van der Waals surface area contributed by atoms with Crippen molar-refractivity contribution < 1.29 is 4.79 Å². The summed E-state index contributed by atoms with van der Waals surface area (Å²) >= 11 is 0.